The van der Waals surface area contributed by atoms with Crippen molar-refractivity contribution < 1.29 is 59.3 Å². The third-order valence-electron chi connectivity index (χ3n) is 8.58. The van der Waals surface area contributed by atoms with Gasteiger partial charge in [-0.15, -0.1) is 11.8 Å². The third-order valence-corrected chi connectivity index (χ3v) is 9.75. The Bertz CT molecular complexity index is 1420. The Labute approximate surface area is 294 Å². The lowest BCUT2D eigenvalue weighted by Crippen LogP contribution is -2.44. The summed E-state index contributed by atoms with van der Waals surface area (Å²) in [6, 6.07) is 1.81. The number of cyclic esters (lactones) is 1. The zero-order valence-electron chi connectivity index (χ0n) is 27.9. The number of nitrogens with zero attached hydrogens (tertiary/aromatic N) is 2. The second-order valence-corrected chi connectivity index (χ2v) is 13.7. The molecule has 3 aliphatic heterocycles. The zero-order valence-corrected chi connectivity index (χ0v) is 28.7. The molecule has 1 aromatic carbocycles. The number of esters is 1. The number of aromatic hydroxyl groups is 2. The molecule has 2 saturated heterocycles. The van der Waals surface area contributed by atoms with Gasteiger partial charge in [-0.2, -0.15) is 0 Å². The van der Waals surface area contributed by atoms with Gasteiger partial charge in [0.15, 0.2) is 6.61 Å². The Morgan fingerprint density at radius 3 is 2.56 bits per heavy atom. The number of piperidine rings is 1. The van der Waals surface area contributed by atoms with E-state index < -0.39 is 66.0 Å². The van der Waals surface area contributed by atoms with E-state index >= 15 is 0 Å². The number of carbonyl (C=O) groups excluding carboxylic acids is 3. The molecule has 16 heteroatoms. The van der Waals surface area contributed by atoms with Gasteiger partial charge in [-0.25, -0.2) is 4.79 Å². The Morgan fingerprint density at radius 1 is 1.06 bits per heavy atom. The minimum Gasteiger partial charge on any atom is -0.508 e. The minimum absolute atomic E-state index is 0.0832. The van der Waals surface area contributed by atoms with Crippen molar-refractivity contribution in [3.63, 3.8) is 0 Å². The third kappa shape index (κ3) is 11.2. The molecule has 276 valence electrons. The monoisotopic (exact) mass is 721 g/mol. The molecule has 0 aromatic heterocycles. The molecule has 7 unspecified atom stereocenters. The molecule has 7 N–H and O–H groups in total. The maximum atomic E-state index is 13.2. The first-order valence-electron chi connectivity index (χ1n) is 16.7. The van der Waals surface area contributed by atoms with Gasteiger partial charge < -0.3 is 55.2 Å². The quantitative estimate of drug-likeness (QED) is 0.112. The van der Waals surface area contributed by atoms with E-state index in [1.807, 2.05) is 0 Å². The van der Waals surface area contributed by atoms with E-state index in [1.165, 1.54) is 6.07 Å². The van der Waals surface area contributed by atoms with Crippen LogP contribution in [0, 0.1) is 5.92 Å². The van der Waals surface area contributed by atoms with Crippen molar-refractivity contribution in [1.82, 2.24) is 10.2 Å². The molecule has 0 bridgehead atoms. The molecule has 3 heterocycles. The molecule has 7 atom stereocenters. The number of nitrogens with one attached hydrogen (secondary N) is 1. The van der Waals surface area contributed by atoms with Gasteiger partial charge in [0.05, 0.1) is 36.8 Å². The number of ether oxygens (including phenoxy) is 2. The fraction of sp³-hybridized carbons (Fsp3) is 0.588. The van der Waals surface area contributed by atoms with E-state index in [0.717, 1.165) is 37.1 Å². The Morgan fingerprint density at radius 2 is 1.82 bits per heavy atom. The highest BCUT2D eigenvalue weighted by Gasteiger charge is 2.40. The topological polar surface area (TPSA) is 228 Å². The van der Waals surface area contributed by atoms with Gasteiger partial charge in [0.2, 0.25) is 5.91 Å². The standard InChI is InChI=1S/C34H47N3O12S/c1-20-7-5-8-23(35-27(41)19-50-34-32(45)31(44)30(43)22(16-38)17-47-34)9-6-10-24(36-48-18-28(42)37-11-3-2-4-12-37)13-21-14-25(39)15-26(40)29(21)33(46)49-20/h5-6,8,10,14-15,20,22-23,30-32,34,38-40,43-45H,2-4,7,9,11-13,16-19H2,1H3,(H,35,41). The van der Waals surface area contributed by atoms with Crippen LogP contribution in [0.1, 0.15) is 54.9 Å². The number of aliphatic hydroxyl groups is 4. The van der Waals surface area contributed by atoms with Crippen LogP contribution in [-0.4, -0.2) is 134 Å². The fourth-order valence-corrected chi connectivity index (χ4v) is 6.73. The number of carbonyl (C=O) groups is 3. The molecule has 0 saturated carbocycles. The number of aliphatic hydroxyl groups excluding tert-OH is 4. The summed E-state index contributed by atoms with van der Waals surface area (Å²) < 4.78 is 11.2. The number of thioether (sulfide) groups is 1. The number of hydrogen-bond donors (Lipinski definition) is 7. The van der Waals surface area contributed by atoms with Crippen LogP contribution in [0.2, 0.25) is 0 Å². The number of benzene rings is 1. The Hall–Kier alpha value is -3.67. The maximum Gasteiger partial charge on any atom is 0.342 e. The number of amides is 2. The normalized spacial score (nSPS) is 29.0. The van der Waals surface area contributed by atoms with Crippen molar-refractivity contribution in [2.75, 3.05) is 38.7 Å². The molecule has 50 heavy (non-hydrogen) atoms. The molecule has 15 nitrogen and oxygen atoms in total. The van der Waals surface area contributed by atoms with E-state index in [2.05, 4.69) is 10.5 Å². The van der Waals surface area contributed by atoms with Crippen molar-refractivity contribution in [2.24, 2.45) is 11.1 Å². The number of phenolic OH excluding ortho intramolecular Hbond substituents is 2. The van der Waals surface area contributed by atoms with Gasteiger partial charge in [0.1, 0.15) is 40.8 Å². The molecule has 1 aromatic rings. The lowest BCUT2D eigenvalue weighted by molar-refractivity contribution is -0.137. The number of allylic oxidation sites excluding steroid dienone is 1. The molecular weight excluding hydrogens is 674 g/mol. The largest absolute Gasteiger partial charge is 0.508 e. The number of likely N-dealkylation sites (tertiary alicyclic amines) is 1. The summed E-state index contributed by atoms with van der Waals surface area (Å²) in [6.45, 7) is 2.09. The highest BCUT2D eigenvalue weighted by molar-refractivity contribution is 8.00. The summed E-state index contributed by atoms with van der Waals surface area (Å²) in [5.74, 6) is -3.14. The minimum atomic E-state index is -1.57. The van der Waals surface area contributed by atoms with Gasteiger partial charge in [-0.3, -0.25) is 9.59 Å². The second kappa shape index (κ2) is 19.1. The predicted molar refractivity (Wildman–Crippen MR) is 182 cm³/mol. The Kier molecular flexibility index (Phi) is 14.9. The zero-order chi connectivity index (χ0) is 36.2. The molecule has 3 aliphatic rings. The van der Waals surface area contributed by atoms with E-state index in [0.29, 0.717) is 13.1 Å². The first-order valence-corrected chi connectivity index (χ1v) is 17.7. The van der Waals surface area contributed by atoms with Gasteiger partial charge in [0, 0.05) is 37.9 Å². The van der Waals surface area contributed by atoms with Crippen LogP contribution >= 0.6 is 11.8 Å². The first kappa shape index (κ1) is 39.1. The molecule has 2 amide bonds. The number of hydrogen-bond acceptors (Lipinski definition) is 14. The molecule has 4 rings (SSSR count). The molecule has 0 radical (unpaired) electrons. The van der Waals surface area contributed by atoms with Gasteiger partial charge in [-0.05, 0) is 50.3 Å². The smallest absolute Gasteiger partial charge is 0.342 e. The Balaban J connectivity index is 1.49. The van der Waals surface area contributed by atoms with Crippen molar-refractivity contribution in [1.29, 1.82) is 0 Å². The van der Waals surface area contributed by atoms with Crippen LogP contribution < -0.4 is 5.32 Å². The average Bonchev–Trinajstić information content (AvgIpc) is 3.17. The van der Waals surface area contributed by atoms with Crippen LogP contribution in [0.25, 0.3) is 0 Å². The lowest BCUT2D eigenvalue weighted by Gasteiger charge is -2.26. The summed E-state index contributed by atoms with van der Waals surface area (Å²) in [7, 11) is 0. The summed E-state index contributed by atoms with van der Waals surface area (Å²) in [6.07, 6.45) is 5.08. The predicted octanol–water partition coefficient (Wildman–Crippen LogP) is 0.742. The maximum absolute atomic E-state index is 13.2. The summed E-state index contributed by atoms with van der Waals surface area (Å²) in [4.78, 5) is 46.0. The van der Waals surface area contributed by atoms with Gasteiger partial charge in [0.25, 0.3) is 5.91 Å². The van der Waals surface area contributed by atoms with Crippen molar-refractivity contribution >= 4 is 35.3 Å². The highest BCUT2D eigenvalue weighted by atomic mass is 32.2. The molecular formula is C34H47N3O12S. The number of oxime groups is 1. The van der Waals surface area contributed by atoms with Crippen LogP contribution in [0.3, 0.4) is 0 Å². The van der Waals surface area contributed by atoms with Crippen LogP contribution in [0.15, 0.2) is 41.6 Å². The van der Waals surface area contributed by atoms with Gasteiger partial charge in [-0.1, -0.05) is 23.4 Å². The summed E-state index contributed by atoms with van der Waals surface area (Å²) in [5, 5.41) is 68.2. The van der Waals surface area contributed by atoms with Crippen molar-refractivity contribution in [3.05, 3.63) is 47.6 Å². The second-order valence-electron chi connectivity index (χ2n) is 12.6. The van der Waals surface area contributed by atoms with E-state index in [4.69, 9.17) is 14.3 Å². The van der Waals surface area contributed by atoms with Crippen LogP contribution in [0.5, 0.6) is 11.5 Å². The van der Waals surface area contributed by atoms with E-state index in [-0.39, 0.29) is 66.7 Å². The van der Waals surface area contributed by atoms with Gasteiger partial charge >= 0.3 is 5.97 Å². The SMILES string of the molecule is CC1CC=CC(NC(=O)CSC2OCC(CO)C(O)C(O)C2O)CC=CC(=NOCC(=O)N2CCCCC2)Cc2cc(O)cc(O)c2C(=O)O1. The molecule has 2 fully saturated rings. The number of fused-ring (bicyclic) bond motifs is 1. The first-order chi connectivity index (χ1) is 24.0. The summed E-state index contributed by atoms with van der Waals surface area (Å²) >= 11 is 0.936. The fourth-order valence-electron chi connectivity index (χ4n) is 5.80. The summed E-state index contributed by atoms with van der Waals surface area (Å²) in [5.41, 5.74) is -0.694. The number of phenols is 2. The van der Waals surface area contributed by atoms with Crippen molar-refractivity contribution in [2.45, 2.75) is 81.3 Å². The average molecular weight is 722 g/mol. The number of rotatable bonds is 8. The van der Waals surface area contributed by atoms with E-state index in [9.17, 15) is 45.0 Å². The highest BCUT2D eigenvalue weighted by Crippen LogP contribution is 2.30. The molecule has 0 aliphatic carbocycles. The van der Waals surface area contributed by atoms with Crippen molar-refractivity contribution in [3.8, 4) is 11.5 Å². The van der Waals surface area contributed by atoms with Crippen LogP contribution in [0.4, 0.5) is 0 Å². The van der Waals surface area contributed by atoms with E-state index in [1.54, 1.807) is 36.1 Å². The lowest BCUT2D eigenvalue weighted by atomic mass is 9.98. The van der Waals surface area contributed by atoms with Crippen LogP contribution in [-0.2, 0) is 30.3 Å². The molecule has 0 spiro atoms.